The van der Waals surface area contributed by atoms with Crippen molar-refractivity contribution in [1.82, 2.24) is 4.98 Å². The second-order valence-corrected chi connectivity index (χ2v) is 7.74. The zero-order valence-corrected chi connectivity index (χ0v) is 16.5. The van der Waals surface area contributed by atoms with Crippen LogP contribution in [0.15, 0.2) is 46.8 Å². The molecule has 28 heavy (non-hydrogen) atoms. The zero-order chi connectivity index (χ0) is 20.1. The number of aromatic nitrogens is 1. The standard InChI is InChI=1S/C20H15N5OS2/c1-12-4-6-13(7-5-12)24-17(26)11-28-20-15(10-22)18(16-3-2-8-27-16)14(9-21)19(23)25-20/h2-8H,11H2,1H3,(H2,23,25)(H,24,26). The lowest BCUT2D eigenvalue weighted by Crippen LogP contribution is -2.14. The second-order valence-electron chi connectivity index (χ2n) is 5.83. The van der Waals surface area contributed by atoms with Gasteiger partial charge in [-0.25, -0.2) is 4.98 Å². The van der Waals surface area contributed by atoms with E-state index in [0.29, 0.717) is 16.3 Å². The number of hydrogen-bond acceptors (Lipinski definition) is 7. The molecule has 0 fully saturated rings. The third-order valence-electron chi connectivity index (χ3n) is 3.86. The predicted octanol–water partition coefficient (Wildman–Crippen LogP) is 4.17. The summed E-state index contributed by atoms with van der Waals surface area (Å²) in [7, 11) is 0. The number of aryl methyl sites for hydroxylation is 1. The van der Waals surface area contributed by atoms with E-state index in [4.69, 9.17) is 5.73 Å². The molecule has 0 spiro atoms. The number of hydrogen-bond donors (Lipinski definition) is 2. The fourth-order valence-electron chi connectivity index (χ4n) is 2.54. The molecule has 3 rings (SSSR count). The van der Waals surface area contributed by atoms with Crippen LogP contribution in [0.1, 0.15) is 16.7 Å². The Morgan fingerprint density at radius 1 is 1.21 bits per heavy atom. The van der Waals surface area contributed by atoms with Crippen molar-refractivity contribution in [2.75, 3.05) is 16.8 Å². The van der Waals surface area contributed by atoms with Gasteiger partial charge < -0.3 is 11.1 Å². The topological polar surface area (TPSA) is 116 Å². The van der Waals surface area contributed by atoms with Crippen molar-refractivity contribution >= 4 is 40.5 Å². The molecular formula is C20H15N5OS2. The number of thioether (sulfide) groups is 1. The summed E-state index contributed by atoms with van der Waals surface area (Å²) >= 11 is 2.52. The van der Waals surface area contributed by atoms with Crippen molar-refractivity contribution in [3.63, 3.8) is 0 Å². The summed E-state index contributed by atoms with van der Waals surface area (Å²) in [5.74, 6) is -0.114. The maximum atomic E-state index is 12.3. The molecule has 0 unspecified atom stereocenters. The number of benzene rings is 1. The number of anilines is 2. The summed E-state index contributed by atoms with van der Waals surface area (Å²) < 4.78 is 0. The monoisotopic (exact) mass is 405 g/mol. The Kier molecular flexibility index (Phi) is 5.95. The minimum atomic E-state index is -0.222. The maximum Gasteiger partial charge on any atom is 0.234 e. The second kappa shape index (κ2) is 8.57. The number of thiophene rings is 1. The molecule has 138 valence electrons. The molecular weight excluding hydrogens is 390 g/mol. The molecule has 0 atom stereocenters. The lowest BCUT2D eigenvalue weighted by atomic mass is 10.0. The van der Waals surface area contributed by atoms with Crippen LogP contribution < -0.4 is 11.1 Å². The van der Waals surface area contributed by atoms with Gasteiger partial charge in [0.2, 0.25) is 5.91 Å². The Labute approximate surface area is 170 Å². The van der Waals surface area contributed by atoms with Gasteiger partial charge in [-0.15, -0.1) is 11.3 Å². The SMILES string of the molecule is Cc1ccc(NC(=O)CSc2nc(N)c(C#N)c(-c3cccs3)c2C#N)cc1. The number of nitrogens with zero attached hydrogens (tertiary/aromatic N) is 3. The third-order valence-corrected chi connectivity index (χ3v) is 5.72. The van der Waals surface area contributed by atoms with Gasteiger partial charge in [-0.1, -0.05) is 35.5 Å². The number of amides is 1. The highest BCUT2D eigenvalue weighted by Crippen LogP contribution is 2.37. The number of nitrogens with one attached hydrogen (secondary N) is 1. The summed E-state index contributed by atoms with van der Waals surface area (Å²) in [6.45, 7) is 1.97. The van der Waals surface area contributed by atoms with E-state index < -0.39 is 0 Å². The first-order valence-corrected chi connectivity index (χ1v) is 10.1. The van der Waals surface area contributed by atoms with E-state index in [1.807, 2.05) is 54.8 Å². The van der Waals surface area contributed by atoms with Gasteiger partial charge in [-0.3, -0.25) is 4.79 Å². The fourth-order valence-corrected chi connectivity index (χ4v) is 4.12. The van der Waals surface area contributed by atoms with Crippen molar-refractivity contribution in [3.8, 4) is 22.6 Å². The van der Waals surface area contributed by atoms with E-state index >= 15 is 0 Å². The molecule has 0 aliphatic carbocycles. The van der Waals surface area contributed by atoms with Crippen molar-refractivity contribution < 1.29 is 4.79 Å². The maximum absolute atomic E-state index is 12.3. The highest BCUT2D eigenvalue weighted by Gasteiger charge is 2.21. The van der Waals surface area contributed by atoms with Gasteiger partial charge in [0, 0.05) is 16.1 Å². The minimum absolute atomic E-state index is 0.0475. The van der Waals surface area contributed by atoms with Crippen LogP contribution in [0.25, 0.3) is 10.4 Å². The van der Waals surface area contributed by atoms with Crippen molar-refractivity contribution in [3.05, 3.63) is 58.5 Å². The summed E-state index contributed by atoms with van der Waals surface area (Å²) in [6, 6.07) is 15.3. The van der Waals surface area contributed by atoms with E-state index in [1.54, 1.807) is 0 Å². The van der Waals surface area contributed by atoms with E-state index in [1.165, 1.54) is 11.3 Å². The number of nitriles is 2. The molecule has 0 radical (unpaired) electrons. The summed E-state index contributed by atoms with van der Waals surface area (Å²) in [5.41, 5.74) is 8.64. The van der Waals surface area contributed by atoms with Gasteiger partial charge in [-0.2, -0.15) is 10.5 Å². The number of carbonyl (C=O) groups is 1. The van der Waals surface area contributed by atoms with Crippen LogP contribution >= 0.6 is 23.1 Å². The number of rotatable bonds is 5. The van der Waals surface area contributed by atoms with Gasteiger partial charge in [0.1, 0.15) is 28.5 Å². The number of carbonyl (C=O) groups excluding carboxylic acids is 1. The first-order valence-electron chi connectivity index (χ1n) is 8.20. The molecule has 1 amide bonds. The molecule has 1 aromatic carbocycles. The molecule has 3 N–H and O–H groups in total. The van der Waals surface area contributed by atoms with Crippen molar-refractivity contribution in [2.45, 2.75) is 11.9 Å². The van der Waals surface area contributed by atoms with Crippen LogP contribution in [0.5, 0.6) is 0 Å². The lowest BCUT2D eigenvalue weighted by molar-refractivity contribution is -0.113. The molecule has 8 heteroatoms. The smallest absolute Gasteiger partial charge is 0.234 e. The molecule has 0 bridgehead atoms. The Morgan fingerprint density at radius 3 is 2.54 bits per heavy atom. The summed E-state index contributed by atoms with van der Waals surface area (Å²) in [4.78, 5) is 17.2. The van der Waals surface area contributed by atoms with Crippen LogP contribution in [-0.2, 0) is 4.79 Å². The third kappa shape index (κ3) is 4.15. The molecule has 6 nitrogen and oxygen atoms in total. The summed E-state index contributed by atoms with van der Waals surface area (Å²) in [6.07, 6.45) is 0. The highest BCUT2D eigenvalue weighted by atomic mass is 32.2. The van der Waals surface area contributed by atoms with E-state index in [-0.39, 0.29) is 28.6 Å². The average molecular weight is 406 g/mol. The molecule has 0 aliphatic heterocycles. The zero-order valence-electron chi connectivity index (χ0n) is 14.9. The first-order chi connectivity index (χ1) is 13.5. The van der Waals surface area contributed by atoms with Crippen molar-refractivity contribution in [1.29, 1.82) is 10.5 Å². The van der Waals surface area contributed by atoms with Crippen LogP contribution in [0.2, 0.25) is 0 Å². The van der Waals surface area contributed by atoms with Gasteiger partial charge >= 0.3 is 0 Å². The van der Waals surface area contributed by atoms with E-state index in [0.717, 1.165) is 22.2 Å². The van der Waals surface area contributed by atoms with Crippen LogP contribution in [-0.4, -0.2) is 16.6 Å². The molecule has 0 saturated heterocycles. The number of pyridine rings is 1. The van der Waals surface area contributed by atoms with Gasteiger partial charge in [-0.05, 0) is 30.5 Å². The molecule has 0 saturated carbocycles. The van der Waals surface area contributed by atoms with E-state index in [2.05, 4.69) is 16.4 Å². The quantitative estimate of drug-likeness (QED) is 0.615. The van der Waals surface area contributed by atoms with E-state index in [9.17, 15) is 15.3 Å². The minimum Gasteiger partial charge on any atom is -0.383 e. The first kappa shape index (κ1) is 19.4. The largest absolute Gasteiger partial charge is 0.383 e. The van der Waals surface area contributed by atoms with Crippen molar-refractivity contribution in [2.24, 2.45) is 0 Å². The molecule has 2 heterocycles. The highest BCUT2D eigenvalue weighted by molar-refractivity contribution is 8.00. The molecule has 0 aliphatic rings. The van der Waals surface area contributed by atoms with Gasteiger partial charge in [0.15, 0.2) is 0 Å². The Balaban J connectivity index is 1.86. The predicted molar refractivity (Wildman–Crippen MR) is 112 cm³/mol. The number of nitrogens with two attached hydrogens (primary N) is 1. The van der Waals surface area contributed by atoms with Gasteiger partial charge in [0.25, 0.3) is 0 Å². The Morgan fingerprint density at radius 2 is 1.93 bits per heavy atom. The average Bonchev–Trinajstić information content (AvgIpc) is 3.22. The van der Waals surface area contributed by atoms with Crippen LogP contribution in [0, 0.1) is 29.6 Å². The number of nitrogen functional groups attached to an aromatic ring is 1. The molecule has 3 aromatic rings. The fraction of sp³-hybridized carbons (Fsp3) is 0.100. The molecule has 2 aromatic heterocycles. The Bertz CT molecular complexity index is 1090. The van der Waals surface area contributed by atoms with Crippen LogP contribution in [0.3, 0.4) is 0 Å². The van der Waals surface area contributed by atoms with Crippen LogP contribution in [0.4, 0.5) is 11.5 Å². The lowest BCUT2D eigenvalue weighted by Gasteiger charge is -2.11. The Hall–Kier alpha value is -3.33. The van der Waals surface area contributed by atoms with Gasteiger partial charge in [0.05, 0.1) is 11.3 Å². The normalized spacial score (nSPS) is 10.1. The summed E-state index contributed by atoms with van der Waals surface area (Å²) in [5, 5.41) is 24.1.